The maximum Gasteiger partial charge on any atom is 0.273 e. The second-order valence-electron chi connectivity index (χ2n) is 5.24. The quantitative estimate of drug-likeness (QED) is 0.810. The molecule has 0 saturated carbocycles. The summed E-state index contributed by atoms with van der Waals surface area (Å²) in [6.45, 7) is 4.63. The minimum atomic E-state index is -0.139. The number of likely N-dealkylation sites (N-methyl/N-ethyl adjacent to an activating group) is 2. The molecule has 0 aliphatic rings. The van der Waals surface area contributed by atoms with Gasteiger partial charge in [-0.15, -0.1) is 22.7 Å². The van der Waals surface area contributed by atoms with Gasteiger partial charge in [-0.05, 0) is 19.9 Å². The molecule has 0 radical (unpaired) electrons. The van der Waals surface area contributed by atoms with E-state index in [0.29, 0.717) is 28.7 Å². The molecule has 2 rings (SSSR count). The predicted molar refractivity (Wildman–Crippen MR) is 94.8 cm³/mol. The third-order valence-electron chi connectivity index (χ3n) is 3.31. The van der Waals surface area contributed by atoms with E-state index in [2.05, 4.69) is 4.98 Å². The number of hydrogen-bond acceptors (Lipinski definition) is 5. The van der Waals surface area contributed by atoms with Crippen molar-refractivity contribution in [1.29, 1.82) is 0 Å². The van der Waals surface area contributed by atoms with E-state index >= 15 is 0 Å². The summed E-state index contributed by atoms with van der Waals surface area (Å²) in [6.07, 6.45) is 0. The third-order valence-corrected chi connectivity index (χ3v) is 5.53. The van der Waals surface area contributed by atoms with Crippen molar-refractivity contribution < 1.29 is 9.59 Å². The Morgan fingerprint density at radius 2 is 1.78 bits per heavy atom. The lowest BCUT2D eigenvalue weighted by molar-refractivity contribution is 0.0718. The van der Waals surface area contributed by atoms with Gasteiger partial charge in [0.05, 0.1) is 10.0 Å². The molecule has 0 aliphatic heterocycles. The van der Waals surface area contributed by atoms with Gasteiger partial charge in [-0.25, -0.2) is 4.98 Å². The molecule has 2 aromatic rings. The molecule has 0 unspecified atom stereocenters. The van der Waals surface area contributed by atoms with Gasteiger partial charge < -0.3 is 9.80 Å². The summed E-state index contributed by atoms with van der Waals surface area (Å²) >= 11 is 8.89. The molecule has 124 valence electrons. The fourth-order valence-corrected chi connectivity index (χ4v) is 3.87. The van der Waals surface area contributed by atoms with Crippen LogP contribution in [0.2, 0.25) is 5.02 Å². The topological polar surface area (TPSA) is 53.5 Å². The summed E-state index contributed by atoms with van der Waals surface area (Å²) in [5.74, 6) is -0.265. The zero-order valence-electron chi connectivity index (χ0n) is 13.4. The Hall–Kier alpha value is -1.44. The number of thiophene rings is 1. The summed E-state index contributed by atoms with van der Waals surface area (Å²) in [7, 11) is 3.41. The molecule has 8 heteroatoms. The normalized spacial score (nSPS) is 10.7. The highest BCUT2D eigenvalue weighted by Gasteiger charge is 2.20. The van der Waals surface area contributed by atoms with Gasteiger partial charge in [-0.3, -0.25) is 9.59 Å². The Morgan fingerprint density at radius 1 is 1.17 bits per heavy atom. The van der Waals surface area contributed by atoms with Gasteiger partial charge in [0.1, 0.15) is 10.6 Å². The van der Waals surface area contributed by atoms with Crippen LogP contribution in [0.15, 0.2) is 11.4 Å². The van der Waals surface area contributed by atoms with Gasteiger partial charge in [-0.2, -0.15) is 0 Å². The van der Waals surface area contributed by atoms with E-state index < -0.39 is 0 Å². The molecule has 2 heterocycles. The highest BCUT2D eigenvalue weighted by Crippen LogP contribution is 2.27. The predicted octanol–water partition coefficient (Wildman–Crippen LogP) is 3.32. The summed E-state index contributed by atoms with van der Waals surface area (Å²) in [4.78, 5) is 33.5. The van der Waals surface area contributed by atoms with Crippen LogP contribution in [0.3, 0.4) is 0 Å². The molecule has 2 aromatic heterocycles. The van der Waals surface area contributed by atoms with Gasteiger partial charge in [-0.1, -0.05) is 11.6 Å². The van der Waals surface area contributed by atoms with E-state index in [0.717, 1.165) is 9.88 Å². The molecule has 0 atom stereocenters. The average molecular weight is 372 g/mol. The van der Waals surface area contributed by atoms with Crippen molar-refractivity contribution in [2.75, 3.05) is 27.2 Å². The summed E-state index contributed by atoms with van der Waals surface area (Å²) in [5, 5.41) is 3.08. The lowest BCUT2D eigenvalue weighted by atomic mass is 10.3. The van der Waals surface area contributed by atoms with Gasteiger partial charge in [0.25, 0.3) is 11.8 Å². The van der Waals surface area contributed by atoms with Crippen molar-refractivity contribution >= 4 is 46.1 Å². The molecule has 0 fully saturated rings. The molecule has 0 aromatic carbocycles. The van der Waals surface area contributed by atoms with Crippen LogP contribution in [0.25, 0.3) is 0 Å². The number of nitrogens with zero attached hydrogens (tertiary/aromatic N) is 3. The smallest absolute Gasteiger partial charge is 0.273 e. The number of aromatic nitrogens is 1. The third kappa shape index (κ3) is 4.31. The maximum atomic E-state index is 12.4. The van der Waals surface area contributed by atoms with Crippen LogP contribution in [0.5, 0.6) is 0 Å². The van der Waals surface area contributed by atoms with Crippen LogP contribution in [0, 0.1) is 13.8 Å². The Morgan fingerprint density at radius 3 is 2.26 bits per heavy atom. The molecule has 0 bridgehead atoms. The van der Waals surface area contributed by atoms with Crippen molar-refractivity contribution in [3.8, 4) is 0 Å². The van der Waals surface area contributed by atoms with Gasteiger partial charge >= 0.3 is 0 Å². The van der Waals surface area contributed by atoms with Gasteiger partial charge in [0, 0.05) is 37.4 Å². The molecular weight excluding hydrogens is 354 g/mol. The van der Waals surface area contributed by atoms with E-state index in [1.807, 2.05) is 13.8 Å². The Labute approximate surface area is 148 Å². The van der Waals surface area contributed by atoms with Crippen LogP contribution >= 0.6 is 34.3 Å². The summed E-state index contributed by atoms with van der Waals surface area (Å²) in [5.41, 5.74) is 0.445. The van der Waals surface area contributed by atoms with Crippen LogP contribution in [0.1, 0.15) is 30.0 Å². The number of rotatable bonds is 5. The first-order valence-corrected chi connectivity index (χ1v) is 9.06. The lowest BCUT2D eigenvalue weighted by Gasteiger charge is -2.21. The average Bonchev–Trinajstić information content (AvgIpc) is 3.08. The molecule has 23 heavy (non-hydrogen) atoms. The minimum Gasteiger partial charge on any atom is -0.339 e. The van der Waals surface area contributed by atoms with E-state index in [4.69, 9.17) is 11.6 Å². The Kier molecular flexibility index (Phi) is 5.78. The van der Waals surface area contributed by atoms with Crippen molar-refractivity contribution in [2.45, 2.75) is 13.8 Å². The summed E-state index contributed by atoms with van der Waals surface area (Å²) < 4.78 is 0. The first kappa shape index (κ1) is 17.9. The van der Waals surface area contributed by atoms with Crippen LogP contribution in [-0.2, 0) is 0 Å². The first-order chi connectivity index (χ1) is 10.8. The molecular formula is C15H18ClN3O2S2. The molecule has 0 N–H and O–H groups in total. The fraction of sp³-hybridized carbons (Fsp3) is 0.400. The highest BCUT2D eigenvalue weighted by molar-refractivity contribution is 7.14. The fourth-order valence-electron chi connectivity index (χ4n) is 1.96. The SMILES string of the molecule is Cc1cc(Cl)c(C(=O)N(C)CCN(C)C(=O)c2csc(C)n2)s1. The maximum absolute atomic E-state index is 12.4. The summed E-state index contributed by atoms with van der Waals surface area (Å²) in [6, 6.07) is 1.79. The highest BCUT2D eigenvalue weighted by atomic mass is 35.5. The molecule has 0 spiro atoms. The number of carbonyl (C=O) groups is 2. The number of halogens is 1. The van der Waals surface area contributed by atoms with Crippen molar-refractivity contribution in [2.24, 2.45) is 0 Å². The van der Waals surface area contributed by atoms with Gasteiger partial charge in [0.15, 0.2) is 0 Å². The second kappa shape index (κ2) is 7.42. The van der Waals surface area contributed by atoms with E-state index in [-0.39, 0.29) is 11.8 Å². The van der Waals surface area contributed by atoms with E-state index in [1.54, 1.807) is 35.3 Å². The Bertz CT molecular complexity index is 726. The number of thiazole rings is 1. The largest absolute Gasteiger partial charge is 0.339 e. The number of carbonyl (C=O) groups excluding carboxylic acids is 2. The monoisotopic (exact) mass is 371 g/mol. The van der Waals surface area contributed by atoms with Crippen LogP contribution in [-0.4, -0.2) is 53.8 Å². The zero-order chi connectivity index (χ0) is 17.1. The minimum absolute atomic E-state index is 0.126. The number of hydrogen-bond donors (Lipinski definition) is 0. The number of aryl methyl sites for hydroxylation is 2. The van der Waals surface area contributed by atoms with Gasteiger partial charge in [0.2, 0.25) is 0 Å². The lowest BCUT2D eigenvalue weighted by Crippen LogP contribution is -2.37. The molecule has 0 aliphatic carbocycles. The van der Waals surface area contributed by atoms with Crippen molar-refractivity contribution in [3.63, 3.8) is 0 Å². The molecule has 5 nitrogen and oxygen atoms in total. The van der Waals surface area contributed by atoms with E-state index in [1.165, 1.54) is 22.7 Å². The first-order valence-electron chi connectivity index (χ1n) is 6.98. The Balaban J connectivity index is 1.93. The van der Waals surface area contributed by atoms with Crippen LogP contribution < -0.4 is 0 Å². The van der Waals surface area contributed by atoms with E-state index in [9.17, 15) is 9.59 Å². The zero-order valence-corrected chi connectivity index (χ0v) is 15.8. The van der Waals surface area contributed by atoms with Crippen LogP contribution in [0.4, 0.5) is 0 Å². The van der Waals surface area contributed by atoms with Crippen molar-refractivity contribution in [3.05, 3.63) is 36.9 Å². The second-order valence-corrected chi connectivity index (χ2v) is 7.97. The molecule has 2 amide bonds. The standard InChI is InChI=1S/C15H18ClN3O2S2/c1-9-7-11(16)13(23-9)15(21)19(4)6-5-18(3)14(20)12-8-22-10(2)17-12/h7-8H,5-6H2,1-4H3. The number of amides is 2. The van der Waals surface area contributed by atoms with Crippen molar-refractivity contribution in [1.82, 2.24) is 14.8 Å². The molecule has 0 saturated heterocycles.